The fourth-order valence-electron chi connectivity index (χ4n) is 10.3. The first-order valence-electron chi connectivity index (χ1n) is 20.6. The van der Waals surface area contributed by atoms with Crippen LogP contribution in [0.5, 0.6) is 0 Å². The van der Waals surface area contributed by atoms with E-state index >= 15 is 0 Å². The minimum atomic E-state index is -0.116. The number of allylic oxidation sites excluding steroid dienone is 1. The number of nitrogens with zero attached hydrogens (tertiary/aromatic N) is 2. The maximum atomic E-state index is 4.74. The molecule has 2 aliphatic rings. The molecule has 1 aliphatic carbocycles. The monoisotopic (exact) mass is 765 g/mol. The van der Waals surface area contributed by atoms with E-state index in [0.29, 0.717) is 0 Å². The topological polar surface area (TPSA) is 8.81 Å². The number of para-hydroxylation sites is 1. The van der Waals surface area contributed by atoms with Gasteiger partial charge >= 0.3 is 0 Å². The smallest absolute Gasteiger partial charge is 0.275 e. The molecule has 0 amide bonds. The number of benzene rings is 7. The number of hydrogen-bond acceptors (Lipinski definition) is 1. The van der Waals surface area contributed by atoms with Crippen molar-refractivity contribution in [3.63, 3.8) is 0 Å². The van der Waals surface area contributed by atoms with Gasteiger partial charge in [0.1, 0.15) is 4.88 Å². The summed E-state index contributed by atoms with van der Waals surface area (Å²) in [6.45, 7) is 14.1. The Morgan fingerprint density at radius 3 is 1.93 bits per heavy atom. The van der Waals surface area contributed by atoms with Crippen molar-refractivity contribution in [2.45, 2.75) is 51.4 Å². The van der Waals surface area contributed by atoms with Gasteiger partial charge in [0.2, 0.25) is 0 Å². The van der Waals surface area contributed by atoms with Crippen molar-refractivity contribution >= 4 is 38.8 Å². The van der Waals surface area contributed by atoms with Crippen LogP contribution >= 0.6 is 11.3 Å². The predicted molar refractivity (Wildman–Crippen MR) is 246 cm³/mol. The molecule has 0 atom stereocenters. The average molecular weight is 766 g/mol. The highest BCUT2D eigenvalue weighted by Crippen LogP contribution is 2.52. The van der Waals surface area contributed by atoms with Gasteiger partial charge in [0.15, 0.2) is 11.9 Å². The number of thiazole rings is 1. The maximum Gasteiger partial charge on any atom is 0.275 e. The molecular weight excluding hydrogens is 721 g/mol. The van der Waals surface area contributed by atoms with E-state index in [2.05, 4.69) is 201 Å². The molecule has 3 heterocycles. The van der Waals surface area contributed by atoms with Crippen LogP contribution in [-0.2, 0) is 10.8 Å². The lowest BCUT2D eigenvalue weighted by atomic mass is 9.69. The molecule has 9 aromatic rings. The molecule has 3 heteroatoms. The normalized spacial score (nSPS) is 14.7. The van der Waals surface area contributed by atoms with E-state index in [0.717, 1.165) is 12.8 Å². The van der Waals surface area contributed by atoms with E-state index < -0.39 is 0 Å². The zero-order valence-corrected chi connectivity index (χ0v) is 34.3. The molecule has 11 rings (SSSR count). The van der Waals surface area contributed by atoms with Gasteiger partial charge in [0, 0.05) is 21.9 Å². The van der Waals surface area contributed by atoms with Gasteiger partial charge < -0.3 is 4.57 Å². The molecule has 0 radical (unpaired) electrons. The first-order chi connectivity index (χ1) is 28.3. The van der Waals surface area contributed by atoms with Gasteiger partial charge in [0.25, 0.3) is 5.01 Å². The third-order valence-electron chi connectivity index (χ3n) is 13.6. The third-order valence-corrected chi connectivity index (χ3v) is 14.7. The molecule has 7 aromatic carbocycles. The summed E-state index contributed by atoms with van der Waals surface area (Å²) in [5.41, 5.74) is 19.0. The Kier molecular flexibility index (Phi) is 7.74. The maximum absolute atomic E-state index is 4.74. The van der Waals surface area contributed by atoms with Gasteiger partial charge in [-0.3, -0.25) is 0 Å². The molecule has 280 valence electrons. The van der Waals surface area contributed by atoms with Gasteiger partial charge in [-0.05, 0) is 124 Å². The Morgan fingerprint density at radius 2 is 1.17 bits per heavy atom. The summed E-state index contributed by atoms with van der Waals surface area (Å²) in [7, 11) is 0. The standard InChI is InChI=1S/C55H45N2S/c1-6-55(7-2)35(3)56-34-52(36-17-10-8-11-18-36)58-53(56)46-31-39(25-27-48(46)55)37-19-16-20-38(29-37)40-26-28-50-44(30-40)45-32-43-42-23-14-15-24-47(42)54(4,5)49(43)33-51(45)57(50)41-21-12-9-13-22-41/h8-34H,3,6-7H2,1-2,4-5H3/q+1. The van der Waals surface area contributed by atoms with E-state index in [-0.39, 0.29) is 10.8 Å². The molecular formula is C55H45N2S+. The number of aromatic nitrogens is 2. The second-order valence-electron chi connectivity index (χ2n) is 16.7. The number of rotatable bonds is 6. The zero-order chi connectivity index (χ0) is 39.3. The van der Waals surface area contributed by atoms with Gasteiger partial charge in [-0.2, -0.15) is 4.57 Å². The van der Waals surface area contributed by atoms with E-state index in [4.69, 9.17) is 6.58 Å². The van der Waals surface area contributed by atoms with Crippen LogP contribution in [0.4, 0.5) is 0 Å². The van der Waals surface area contributed by atoms with Crippen LogP contribution in [0.25, 0.3) is 87.6 Å². The second-order valence-corrected chi connectivity index (χ2v) is 17.7. The number of fused-ring (bicyclic) bond motifs is 9. The average Bonchev–Trinajstić information content (AvgIpc) is 3.93. The Bertz CT molecular complexity index is 3120. The molecule has 58 heavy (non-hydrogen) atoms. The van der Waals surface area contributed by atoms with Crippen molar-refractivity contribution in [1.29, 1.82) is 0 Å². The van der Waals surface area contributed by atoms with Crippen LogP contribution in [0.2, 0.25) is 0 Å². The van der Waals surface area contributed by atoms with Crippen LogP contribution in [-0.4, -0.2) is 4.57 Å². The van der Waals surface area contributed by atoms with Gasteiger partial charge in [-0.15, -0.1) is 0 Å². The lowest BCUT2D eigenvalue weighted by Crippen LogP contribution is -2.47. The van der Waals surface area contributed by atoms with Crippen LogP contribution < -0.4 is 4.57 Å². The summed E-state index contributed by atoms with van der Waals surface area (Å²) in [4.78, 5) is 1.26. The van der Waals surface area contributed by atoms with Gasteiger partial charge in [0.05, 0.1) is 22.0 Å². The fourth-order valence-corrected chi connectivity index (χ4v) is 11.5. The quantitative estimate of drug-likeness (QED) is 0.149. The Hall–Kier alpha value is -6.29. The summed E-state index contributed by atoms with van der Waals surface area (Å²) < 4.78 is 4.84. The molecule has 0 saturated carbocycles. The SMILES string of the molecule is C=C1[n+]2cc(-c3ccccc3)sc2-c2cc(-c3cccc(-c4ccc5c(c4)c4cc6c(cc4n5-c4ccccc4)C(C)(C)c4ccccc4-6)c3)ccc2C1(CC)CC. The van der Waals surface area contributed by atoms with Crippen LogP contribution in [0.1, 0.15) is 57.2 Å². The summed E-state index contributed by atoms with van der Waals surface area (Å²) in [5, 5.41) is 3.81. The Balaban J connectivity index is 1.06. The van der Waals surface area contributed by atoms with Crippen molar-refractivity contribution in [3.05, 3.63) is 187 Å². The molecule has 2 aromatic heterocycles. The van der Waals surface area contributed by atoms with E-state index in [1.165, 1.54) is 104 Å². The highest BCUT2D eigenvalue weighted by molar-refractivity contribution is 7.18. The lowest BCUT2D eigenvalue weighted by Gasteiger charge is -2.34. The first kappa shape index (κ1) is 34.9. The minimum absolute atomic E-state index is 0.0726. The van der Waals surface area contributed by atoms with E-state index in [1.54, 1.807) is 0 Å². The van der Waals surface area contributed by atoms with E-state index in [1.807, 2.05) is 11.3 Å². The van der Waals surface area contributed by atoms with Crippen molar-refractivity contribution < 1.29 is 4.57 Å². The Morgan fingerprint density at radius 1 is 0.534 bits per heavy atom. The number of hydrogen-bond donors (Lipinski definition) is 0. The molecule has 1 aliphatic heterocycles. The van der Waals surface area contributed by atoms with Crippen molar-refractivity contribution in [3.8, 4) is 60.1 Å². The predicted octanol–water partition coefficient (Wildman–Crippen LogP) is 14.6. The molecule has 0 bridgehead atoms. The second kappa shape index (κ2) is 12.9. The fraction of sp³-hybridized carbons (Fsp3) is 0.145. The zero-order valence-electron chi connectivity index (χ0n) is 33.5. The lowest BCUT2D eigenvalue weighted by molar-refractivity contribution is -0.572. The third kappa shape index (κ3) is 4.93. The molecule has 0 unspecified atom stereocenters. The van der Waals surface area contributed by atoms with Crippen molar-refractivity contribution in [2.24, 2.45) is 0 Å². The molecule has 2 nitrogen and oxygen atoms in total. The van der Waals surface area contributed by atoms with Gasteiger partial charge in [-0.25, -0.2) is 0 Å². The summed E-state index contributed by atoms with van der Waals surface area (Å²) in [5.74, 6) is 0. The summed E-state index contributed by atoms with van der Waals surface area (Å²) >= 11 is 1.87. The minimum Gasteiger partial charge on any atom is -0.309 e. The van der Waals surface area contributed by atoms with Gasteiger partial charge in [-0.1, -0.05) is 148 Å². The molecule has 0 saturated heterocycles. The molecule has 0 N–H and O–H groups in total. The van der Waals surface area contributed by atoms with Crippen molar-refractivity contribution in [1.82, 2.24) is 4.57 Å². The Labute approximate surface area is 345 Å². The van der Waals surface area contributed by atoms with E-state index in [9.17, 15) is 0 Å². The molecule has 0 spiro atoms. The van der Waals surface area contributed by atoms with Crippen LogP contribution in [0, 0.1) is 0 Å². The summed E-state index contributed by atoms with van der Waals surface area (Å²) in [6, 6.07) is 58.8. The summed E-state index contributed by atoms with van der Waals surface area (Å²) in [6.07, 6.45) is 4.32. The first-order valence-corrected chi connectivity index (χ1v) is 21.5. The molecule has 0 fully saturated rings. The van der Waals surface area contributed by atoms with Crippen molar-refractivity contribution in [2.75, 3.05) is 0 Å². The van der Waals surface area contributed by atoms with Crippen LogP contribution in [0.15, 0.2) is 171 Å². The highest BCUT2D eigenvalue weighted by Gasteiger charge is 2.47. The highest BCUT2D eigenvalue weighted by atomic mass is 32.1. The largest absolute Gasteiger partial charge is 0.309 e. The van der Waals surface area contributed by atoms with Crippen LogP contribution in [0.3, 0.4) is 0 Å².